The third kappa shape index (κ3) is 2.77. The van der Waals surface area contributed by atoms with Crippen molar-refractivity contribution in [2.45, 2.75) is 25.2 Å². The van der Waals surface area contributed by atoms with Crippen LogP contribution < -0.4 is 0 Å². The lowest BCUT2D eigenvalue weighted by Gasteiger charge is -2.23. The number of nitrogens with zero attached hydrogens (tertiary/aromatic N) is 5. The van der Waals surface area contributed by atoms with Crippen LogP contribution in [0.2, 0.25) is 5.15 Å². The summed E-state index contributed by atoms with van der Waals surface area (Å²) in [6.07, 6.45) is 9.10. The number of imidazole rings is 1. The van der Waals surface area contributed by atoms with Crippen LogP contribution >= 0.6 is 11.6 Å². The third-order valence-corrected chi connectivity index (χ3v) is 6.17. The Morgan fingerprint density at radius 3 is 2.57 bits per heavy atom. The second kappa shape index (κ2) is 6.89. The van der Waals surface area contributed by atoms with Crippen molar-refractivity contribution in [1.29, 1.82) is 0 Å². The summed E-state index contributed by atoms with van der Waals surface area (Å²) in [4.78, 5) is 18.8. The monoisotopic (exact) mass is 411 g/mol. The maximum Gasteiger partial charge on any atom is 0.155 e. The third-order valence-electron chi connectivity index (χ3n) is 5.89. The van der Waals surface area contributed by atoms with E-state index in [4.69, 9.17) is 21.6 Å². The van der Waals surface area contributed by atoms with Crippen molar-refractivity contribution in [3.63, 3.8) is 0 Å². The lowest BCUT2D eigenvalue weighted by Crippen LogP contribution is -2.12. The van der Waals surface area contributed by atoms with Gasteiger partial charge in [-0.25, -0.2) is 15.0 Å². The van der Waals surface area contributed by atoms with Crippen LogP contribution in [-0.2, 0) is 0 Å². The first-order valence-corrected chi connectivity index (χ1v) is 10.5. The fourth-order valence-corrected chi connectivity index (χ4v) is 4.32. The molecule has 6 heteroatoms. The van der Waals surface area contributed by atoms with Gasteiger partial charge < -0.3 is 0 Å². The lowest BCUT2D eigenvalue weighted by molar-refractivity contribution is 0.400. The Morgan fingerprint density at radius 2 is 1.77 bits per heavy atom. The molecule has 1 saturated carbocycles. The van der Waals surface area contributed by atoms with Gasteiger partial charge in [0.2, 0.25) is 0 Å². The van der Waals surface area contributed by atoms with Crippen molar-refractivity contribution in [2.75, 3.05) is 0 Å². The Morgan fingerprint density at radius 1 is 0.900 bits per heavy atom. The zero-order chi connectivity index (χ0) is 20.1. The van der Waals surface area contributed by atoms with E-state index in [1.165, 1.54) is 19.3 Å². The highest BCUT2D eigenvalue weighted by atomic mass is 35.5. The fourth-order valence-electron chi connectivity index (χ4n) is 4.09. The van der Waals surface area contributed by atoms with E-state index in [1.807, 2.05) is 60.9 Å². The van der Waals surface area contributed by atoms with E-state index in [-0.39, 0.29) is 0 Å². The zero-order valence-electron chi connectivity index (χ0n) is 16.2. The zero-order valence-corrected chi connectivity index (χ0v) is 16.9. The van der Waals surface area contributed by atoms with E-state index in [2.05, 4.69) is 14.4 Å². The molecule has 1 fully saturated rings. The van der Waals surface area contributed by atoms with E-state index < -0.39 is 0 Å². The highest BCUT2D eigenvalue weighted by molar-refractivity contribution is 6.33. The molecule has 5 aromatic rings. The molecular formula is C24H18ClN5. The van der Waals surface area contributed by atoms with E-state index in [0.29, 0.717) is 11.1 Å². The van der Waals surface area contributed by atoms with E-state index in [0.717, 1.165) is 44.9 Å². The maximum atomic E-state index is 6.51. The lowest BCUT2D eigenvalue weighted by atomic mass is 9.85. The molecule has 5 nitrogen and oxygen atoms in total. The Labute approximate surface area is 178 Å². The first kappa shape index (κ1) is 17.5. The number of rotatable bonds is 3. The summed E-state index contributed by atoms with van der Waals surface area (Å²) in [5.74, 6) is 1.55. The van der Waals surface area contributed by atoms with Crippen LogP contribution in [0.15, 0.2) is 67.1 Å². The van der Waals surface area contributed by atoms with Gasteiger partial charge in [-0.05, 0) is 25.0 Å². The van der Waals surface area contributed by atoms with Crippen LogP contribution in [-0.4, -0.2) is 24.3 Å². The molecule has 0 unspecified atom stereocenters. The number of hydrogen-bond donors (Lipinski definition) is 0. The van der Waals surface area contributed by atoms with E-state index in [9.17, 15) is 0 Å². The van der Waals surface area contributed by atoms with E-state index in [1.54, 1.807) is 6.20 Å². The quantitative estimate of drug-likeness (QED) is 0.369. The van der Waals surface area contributed by atoms with E-state index >= 15 is 0 Å². The molecule has 3 heterocycles. The number of aromatic nitrogens is 5. The minimum absolute atomic E-state index is 0.467. The highest BCUT2D eigenvalue weighted by Gasteiger charge is 2.27. The van der Waals surface area contributed by atoms with Crippen LogP contribution in [0, 0.1) is 0 Å². The summed E-state index contributed by atoms with van der Waals surface area (Å²) in [5.41, 5.74) is 6.26. The average Bonchev–Trinajstić information content (AvgIpc) is 3.13. The largest absolute Gasteiger partial charge is 0.299 e. The Balaban J connectivity index is 1.53. The number of halogens is 1. The highest BCUT2D eigenvalue weighted by Crippen LogP contribution is 2.39. The SMILES string of the molecule is Clc1nccn2c(C3CCC3)nc(-c3ccc4ncc(-c5ccccc5)nc4c3)c12. The molecule has 0 bridgehead atoms. The van der Waals surface area contributed by atoms with Crippen LogP contribution in [0.3, 0.4) is 0 Å². The standard InChI is InChI=1S/C24H18ClN5/c25-23-22-21(29-24(16-7-4-8-16)30(22)12-11-26-23)17-9-10-18-19(13-17)28-20(14-27-18)15-5-2-1-3-6-15/h1-3,5-6,9-14,16H,4,7-8H2. The first-order valence-electron chi connectivity index (χ1n) is 10.1. The van der Waals surface area contributed by atoms with Crippen LogP contribution in [0.5, 0.6) is 0 Å². The van der Waals surface area contributed by atoms with Gasteiger partial charge in [0, 0.05) is 29.4 Å². The van der Waals surface area contributed by atoms with Crippen LogP contribution in [0.1, 0.15) is 31.0 Å². The van der Waals surface area contributed by atoms with Crippen LogP contribution in [0.4, 0.5) is 0 Å². The van der Waals surface area contributed by atoms with Crippen molar-refractivity contribution in [1.82, 2.24) is 24.3 Å². The van der Waals surface area contributed by atoms with Gasteiger partial charge in [-0.15, -0.1) is 0 Å². The molecule has 0 spiro atoms. The Kier molecular flexibility index (Phi) is 4.03. The molecule has 0 radical (unpaired) electrons. The second-order valence-electron chi connectivity index (χ2n) is 7.71. The van der Waals surface area contributed by atoms with Crippen molar-refractivity contribution >= 4 is 28.2 Å². The fraction of sp³-hybridized carbons (Fsp3) is 0.167. The minimum Gasteiger partial charge on any atom is -0.299 e. The van der Waals surface area contributed by atoms with Gasteiger partial charge in [-0.2, -0.15) is 0 Å². The van der Waals surface area contributed by atoms with Crippen molar-refractivity contribution < 1.29 is 0 Å². The van der Waals surface area contributed by atoms with Gasteiger partial charge >= 0.3 is 0 Å². The van der Waals surface area contributed by atoms with Gasteiger partial charge in [0.1, 0.15) is 11.3 Å². The van der Waals surface area contributed by atoms with Gasteiger partial charge in [0.25, 0.3) is 0 Å². The first-order chi connectivity index (χ1) is 14.8. The molecule has 3 aromatic heterocycles. The molecule has 146 valence electrons. The normalized spacial score (nSPS) is 14.3. The molecule has 1 aliphatic rings. The summed E-state index contributed by atoms with van der Waals surface area (Å²) in [6.45, 7) is 0. The molecule has 0 aliphatic heterocycles. The molecule has 0 amide bonds. The van der Waals surface area contributed by atoms with Gasteiger partial charge in [-0.3, -0.25) is 9.38 Å². The predicted molar refractivity (Wildman–Crippen MR) is 119 cm³/mol. The summed E-state index contributed by atoms with van der Waals surface area (Å²) in [7, 11) is 0. The molecule has 1 aliphatic carbocycles. The van der Waals surface area contributed by atoms with Crippen LogP contribution in [0.25, 0.3) is 39.1 Å². The molecule has 0 N–H and O–H groups in total. The molecule has 6 rings (SSSR count). The topological polar surface area (TPSA) is 56.0 Å². The van der Waals surface area contributed by atoms with Gasteiger partial charge in [-0.1, -0.05) is 54.4 Å². The number of hydrogen-bond acceptors (Lipinski definition) is 4. The van der Waals surface area contributed by atoms with Gasteiger partial charge in [0.05, 0.1) is 28.6 Å². The Hall–Kier alpha value is -3.31. The Bertz CT molecular complexity index is 1390. The second-order valence-corrected chi connectivity index (χ2v) is 8.07. The van der Waals surface area contributed by atoms with Gasteiger partial charge in [0.15, 0.2) is 5.15 Å². The summed E-state index contributed by atoms with van der Waals surface area (Å²) in [6, 6.07) is 16.2. The van der Waals surface area contributed by atoms with Crippen molar-refractivity contribution in [2.24, 2.45) is 0 Å². The molecular weight excluding hydrogens is 394 g/mol. The van der Waals surface area contributed by atoms with Crippen molar-refractivity contribution in [3.8, 4) is 22.5 Å². The summed E-state index contributed by atoms with van der Waals surface area (Å²) in [5, 5.41) is 0.467. The predicted octanol–water partition coefficient (Wildman–Crippen LogP) is 5.93. The molecule has 30 heavy (non-hydrogen) atoms. The van der Waals surface area contributed by atoms with Crippen molar-refractivity contribution in [3.05, 3.63) is 78.1 Å². The molecule has 0 atom stereocenters. The molecule has 2 aromatic carbocycles. The minimum atomic E-state index is 0.467. The summed E-state index contributed by atoms with van der Waals surface area (Å²) < 4.78 is 2.10. The summed E-state index contributed by atoms with van der Waals surface area (Å²) >= 11 is 6.51. The average molecular weight is 412 g/mol. The maximum absolute atomic E-state index is 6.51. The number of benzene rings is 2. The number of fused-ring (bicyclic) bond motifs is 2. The molecule has 0 saturated heterocycles. The smallest absolute Gasteiger partial charge is 0.155 e.